The van der Waals surface area contributed by atoms with Gasteiger partial charge in [-0.3, -0.25) is 9.78 Å². The fraction of sp³-hybridized carbons (Fsp3) is 0.179. The zero-order valence-electron chi connectivity index (χ0n) is 20.2. The first-order valence-corrected chi connectivity index (χ1v) is 15.0. The zero-order valence-corrected chi connectivity index (χ0v) is 22.6. The van der Waals surface area contributed by atoms with Crippen LogP contribution in [-0.2, 0) is 15.6 Å². The zero-order chi connectivity index (χ0) is 26.3. The van der Waals surface area contributed by atoms with Crippen LogP contribution in [0.25, 0.3) is 21.1 Å². The number of rotatable bonds is 5. The van der Waals surface area contributed by atoms with E-state index in [9.17, 15) is 13.2 Å². The molecule has 0 N–H and O–H groups in total. The molecule has 6 rings (SSSR count). The molecule has 10 heteroatoms. The number of benzene rings is 3. The molecule has 0 spiro atoms. The Bertz CT molecular complexity index is 1770. The summed E-state index contributed by atoms with van der Waals surface area (Å²) < 4.78 is 28.0. The van der Waals surface area contributed by atoms with Gasteiger partial charge >= 0.3 is 0 Å². The maximum Gasteiger partial charge on any atom is 0.254 e. The number of sulfone groups is 1. The minimum atomic E-state index is -3.75. The highest BCUT2D eigenvalue weighted by atomic mass is 35.5. The highest BCUT2D eigenvalue weighted by molar-refractivity contribution is 7.90. The number of anilines is 1. The van der Waals surface area contributed by atoms with Crippen LogP contribution in [0.5, 0.6) is 0 Å². The van der Waals surface area contributed by atoms with Gasteiger partial charge in [-0.2, -0.15) is 0 Å². The van der Waals surface area contributed by atoms with Gasteiger partial charge in [-0.15, -0.1) is 0 Å². The first-order valence-electron chi connectivity index (χ1n) is 12.1. The Morgan fingerprint density at radius 3 is 2.58 bits per heavy atom. The molecule has 3 heterocycles. The molecule has 192 valence electrons. The molecule has 1 amide bonds. The lowest BCUT2D eigenvalue weighted by Crippen LogP contribution is -2.49. The molecule has 0 unspecified atom stereocenters. The molecular formula is C28H23ClN4O3S2. The van der Waals surface area contributed by atoms with Crippen molar-refractivity contribution < 1.29 is 13.2 Å². The predicted octanol–water partition coefficient (Wildman–Crippen LogP) is 5.43. The highest BCUT2D eigenvalue weighted by Gasteiger charge is 2.27. The van der Waals surface area contributed by atoms with Crippen LogP contribution in [-0.4, -0.2) is 55.4 Å². The molecule has 5 aromatic rings. The number of thiazole rings is 1. The molecule has 38 heavy (non-hydrogen) atoms. The van der Waals surface area contributed by atoms with Crippen LogP contribution in [0.15, 0.2) is 83.9 Å². The number of pyridine rings is 1. The Kier molecular flexibility index (Phi) is 6.51. The van der Waals surface area contributed by atoms with E-state index in [1.807, 2.05) is 30.3 Å². The molecule has 0 radical (unpaired) electrons. The van der Waals surface area contributed by atoms with Crippen LogP contribution >= 0.6 is 22.9 Å². The van der Waals surface area contributed by atoms with E-state index in [2.05, 4.69) is 9.88 Å². The van der Waals surface area contributed by atoms with Crippen molar-refractivity contribution in [2.75, 3.05) is 31.1 Å². The Hall–Kier alpha value is -3.53. The summed E-state index contributed by atoms with van der Waals surface area (Å²) in [6.07, 6.45) is 1.59. The fourth-order valence-corrected chi connectivity index (χ4v) is 7.62. The first-order chi connectivity index (χ1) is 18.4. The van der Waals surface area contributed by atoms with E-state index < -0.39 is 9.84 Å². The van der Waals surface area contributed by atoms with E-state index in [-0.39, 0.29) is 16.6 Å². The van der Waals surface area contributed by atoms with Crippen molar-refractivity contribution in [1.82, 2.24) is 14.9 Å². The quantitative estimate of drug-likeness (QED) is 0.284. The van der Waals surface area contributed by atoms with E-state index in [4.69, 9.17) is 16.6 Å². The van der Waals surface area contributed by atoms with Crippen LogP contribution in [0, 0.1) is 0 Å². The molecule has 7 nitrogen and oxygen atoms in total. The summed E-state index contributed by atoms with van der Waals surface area (Å²) in [5.41, 5.74) is 2.24. The highest BCUT2D eigenvalue weighted by Crippen LogP contribution is 2.31. The van der Waals surface area contributed by atoms with Gasteiger partial charge in [0.15, 0.2) is 15.0 Å². The molecule has 1 saturated heterocycles. The largest absolute Gasteiger partial charge is 0.345 e. The van der Waals surface area contributed by atoms with E-state index in [1.165, 1.54) is 0 Å². The third kappa shape index (κ3) is 4.73. The van der Waals surface area contributed by atoms with Gasteiger partial charge in [-0.05, 0) is 42.0 Å². The number of nitrogens with zero attached hydrogens (tertiary/aromatic N) is 4. The summed E-state index contributed by atoms with van der Waals surface area (Å²) in [5, 5.41) is 2.34. The summed E-state index contributed by atoms with van der Waals surface area (Å²) in [6.45, 7) is 2.32. The standard InChI is InChI=1S/C28H23ClN4O3S2/c29-21-10-11-23-24(17-21)37-28(31-23)33-15-13-32(14-16-33)27(34)22-8-2-1-5-20(22)18-38(35,36)25-9-3-6-19-7-4-12-30-26(19)25/h1-12,17H,13-16,18H2. The van der Waals surface area contributed by atoms with Crippen molar-refractivity contribution >= 4 is 64.9 Å². The van der Waals surface area contributed by atoms with Gasteiger partial charge in [0.1, 0.15) is 0 Å². The minimum absolute atomic E-state index is 0.164. The van der Waals surface area contributed by atoms with E-state index >= 15 is 0 Å². The molecule has 1 aliphatic heterocycles. The number of halogens is 1. The average Bonchev–Trinajstić information content (AvgIpc) is 3.36. The number of aromatic nitrogens is 2. The molecule has 0 aliphatic carbocycles. The third-order valence-electron chi connectivity index (χ3n) is 6.70. The van der Waals surface area contributed by atoms with Crippen molar-refractivity contribution in [2.24, 2.45) is 0 Å². The van der Waals surface area contributed by atoms with E-state index in [0.29, 0.717) is 47.8 Å². The summed E-state index contributed by atoms with van der Waals surface area (Å²) in [4.78, 5) is 26.7. The van der Waals surface area contributed by atoms with Gasteiger partial charge in [0.05, 0.1) is 26.4 Å². The first kappa shape index (κ1) is 24.8. The molecule has 1 fully saturated rings. The van der Waals surface area contributed by atoms with Crippen LogP contribution < -0.4 is 4.90 Å². The van der Waals surface area contributed by atoms with Crippen LogP contribution in [0.4, 0.5) is 5.13 Å². The van der Waals surface area contributed by atoms with Crippen molar-refractivity contribution in [3.05, 3.63) is 95.1 Å². The number of amides is 1. The lowest BCUT2D eigenvalue weighted by molar-refractivity contribution is 0.0746. The number of carbonyl (C=O) groups is 1. The number of hydrogen-bond acceptors (Lipinski definition) is 7. The SMILES string of the molecule is O=C(c1ccccc1CS(=O)(=O)c1cccc2cccnc12)N1CCN(c2nc3ccc(Cl)cc3s2)CC1. The minimum Gasteiger partial charge on any atom is -0.345 e. The summed E-state index contributed by atoms with van der Waals surface area (Å²) in [5.74, 6) is -0.443. The molecule has 1 aliphatic rings. The topological polar surface area (TPSA) is 83.5 Å². The lowest BCUT2D eigenvalue weighted by atomic mass is 10.1. The molecule has 3 aromatic carbocycles. The third-order valence-corrected chi connectivity index (χ3v) is 9.71. The number of hydrogen-bond donors (Lipinski definition) is 0. The second-order valence-electron chi connectivity index (χ2n) is 9.14. The Morgan fingerprint density at radius 1 is 0.947 bits per heavy atom. The smallest absolute Gasteiger partial charge is 0.254 e. The van der Waals surface area contributed by atoms with E-state index in [0.717, 1.165) is 20.7 Å². The lowest BCUT2D eigenvalue weighted by Gasteiger charge is -2.35. The molecule has 0 atom stereocenters. The number of carbonyl (C=O) groups excluding carboxylic acids is 1. The number of piperazine rings is 1. The Balaban J connectivity index is 1.20. The van der Waals surface area contributed by atoms with Crippen molar-refractivity contribution in [3.8, 4) is 0 Å². The van der Waals surface area contributed by atoms with Crippen LogP contribution in [0.1, 0.15) is 15.9 Å². The maximum absolute atomic E-state index is 13.5. The average molecular weight is 563 g/mol. The monoisotopic (exact) mass is 562 g/mol. The maximum atomic E-state index is 13.5. The molecular weight excluding hydrogens is 540 g/mol. The Morgan fingerprint density at radius 2 is 1.74 bits per heavy atom. The van der Waals surface area contributed by atoms with Crippen molar-refractivity contribution in [2.45, 2.75) is 10.6 Å². The summed E-state index contributed by atoms with van der Waals surface area (Å²) >= 11 is 7.71. The van der Waals surface area contributed by atoms with Crippen molar-refractivity contribution in [3.63, 3.8) is 0 Å². The second-order valence-corrected chi connectivity index (χ2v) is 12.5. The summed E-state index contributed by atoms with van der Waals surface area (Å²) in [6, 6.07) is 21.3. The van der Waals surface area contributed by atoms with Gasteiger partial charge in [0.2, 0.25) is 0 Å². The van der Waals surface area contributed by atoms with Crippen molar-refractivity contribution in [1.29, 1.82) is 0 Å². The Labute approximate surface area is 229 Å². The van der Waals surface area contributed by atoms with Gasteiger partial charge in [-0.25, -0.2) is 13.4 Å². The number of para-hydroxylation sites is 1. The van der Waals surface area contributed by atoms with Gasteiger partial charge < -0.3 is 9.80 Å². The molecule has 0 saturated carbocycles. The second kappa shape index (κ2) is 9.98. The van der Waals surface area contributed by atoms with E-state index in [1.54, 1.807) is 64.9 Å². The fourth-order valence-electron chi connectivity index (χ4n) is 4.76. The van der Waals surface area contributed by atoms with Crippen LogP contribution in [0.3, 0.4) is 0 Å². The number of fused-ring (bicyclic) bond motifs is 2. The van der Waals surface area contributed by atoms with Gasteiger partial charge in [0.25, 0.3) is 5.91 Å². The van der Waals surface area contributed by atoms with Gasteiger partial charge in [0, 0.05) is 48.3 Å². The molecule has 0 bridgehead atoms. The molecule has 2 aromatic heterocycles. The van der Waals surface area contributed by atoms with Gasteiger partial charge in [-0.1, -0.05) is 59.3 Å². The van der Waals surface area contributed by atoms with Crippen LogP contribution in [0.2, 0.25) is 5.02 Å². The predicted molar refractivity (Wildman–Crippen MR) is 152 cm³/mol. The normalized spacial score (nSPS) is 14.3. The summed E-state index contributed by atoms with van der Waals surface area (Å²) in [7, 11) is -3.75.